The molecule has 1 atom stereocenters. The molecule has 0 unspecified atom stereocenters. The largest absolute Gasteiger partial charge is 0.437 e. The maximum atomic E-state index is 12.4. The second-order valence-corrected chi connectivity index (χ2v) is 6.97. The van der Waals surface area contributed by atoms with Crippen molar-refractivity contribution < 1.29 is 9.21 Å². The first-order valence-electron chi connectivity index (χ1n) is 8.20. The Labute approximate surface area is 148 Å². The van der Waals surface area contributed by atoms with Crippen LogP contribution < -0.4 is 11.1 Å². The number of nitrogens with zero attached hydrogens (tertiary/aromatic N) is 2. The van der Waals surface area contributed by atoms with Gasteiger partial charge >= 0.3 is 5.76 Å². The zero-order chi connectivity index (χ0) is 17.2. The molecule has 1 amide bonds. The lowest BCUT2D eigenvalue weighted by Gasteiger charge is -2.26. The van der Waals surface area contributed by atoms with Crippen LogP contribution in [-0.2, 0) is 17.8 Å². The summed E-state index contributed by atoms with van der Waals surface area (Å²) < 4.78 is 6.20. The Morgan fingerprint density at radius 1 is 1.32 bits per heavy atom. The summed E-state index contributed by atoms with van der Waals surface area (Å²) in [7, 11) is 0. The zero-order valence-electron chi connectivity index (χ0n) is 13.5. The molecule has 1 aromatic carbocycles. The number of thiophene rings is 1. The summed E-state index contributed by atoms with van der Waals surface area (Å²) in [6.45, 7) is -0.146. The zero-order valence-corrected chi connectivity index (χ0v) is 14.3. The topological polar surface area (TPSA) is 77.1 Å². The van der Waals surface area contributed by atoms with Gasteiger partial charge in [0.2, 0.25) is 5.91 Å². The molecule has 6 nitrogen and oxygen atoms in total. The van der Waals surface area contributed by atoms with Gasteiger partial charge in [0.15, 0.2) is 0 Å². The van der Waals surface area contributed by atoms with Crippen molar-refractivity contribution in [3.05, 3.63) is 63.5 Å². The minimum absolute atomic E-state index is 0.0168. The quantitative estimate of drug-likeness (QED) is 0.781. The minimum atomic E-state index is -0.623. The number of nitrogens with one attached hydrogen (secondary N) is 1. The van der Waals surface area contributed by atoms with E-state index in [1.54, 1.807) is 0 Å². The number of benzene rings is 1. The van der Waals surface area contributed by atoms with E-state index in [1.165, 1.54) is 16.9 Å². The van der Waals surface area contributed by atoms with Crippen LogP contribution in [0, 0.1) is 0 Å². The highest BCUT2D eigenvalue weighted by molar-refractivity contribution is 7.13. The Hall–Kier alpha value is -2.67. The number of carbonyl (C=O) groups excluding carboxylic acids is 1. The van der Waals surface area contributed by atoms with Gasteiger partial charge in [-0.25, -0.2) is 4.79 Å². The van der Waals surface area contributed by atoms with Crippen LogP contribution in [0.2, 0.25) is 0 Å². The third-order valence-electron chi connectivity index (χ3n) is 4.34. The van der Waals surface area contributed by atoms with Crippen molar-refractivity contribution in [2.45, 2.75) is 31.8 Å². The highest BCUT2D eigenvalue weighted by Gasteiger charge is 2.22. The molecule has 0 saturated carbocycles. The second-order valence-electron chi connectivity index (χ2n) is 6.02. The summed E-state index contributed by atoms with van der Waals surface area (Å²) in [5.41, 5.74) is 2.44. The SMILES string of the molecule is O=C(Cn1nc(-c2cccs2)oc1=O)N[C@@H]1CCCc2ccccc21. The van der Waals surface area contributed by atoms with Gasteiger partial charge in [-0.05, 0) is 41.8 Å². The third-order valence-corrected chi connectivity index (χ3v) is 5.19. The van der Waals surface area contributed by atoms with E-state index in [2.05, 4.69) is 22.5 Å². The van der Waals surface area contributed by atoms with Crippen molar-refractivity contribution in [2.24, 2.45) is 0 Å². The molecule has 0 spiro atoms. The van der Waals surface area contributed by atoms with Crippen LogP contribution in [0.15, 0.2) is 51.0 Å². The first-order valence-corrected chi connectivity index (χ1v) is 9.07. The van der Waals surface area contributed by atoms with E-state index in [-0.39, 0.29) is 24.4 Å². The van der Waals surface area contributed by atoms with Gasteiger partial charge in [-0.3, -0.25) is 4.79 Å². The van der Waals surface area contributed by atoms with Gasteiger partial charge in [0.25, 0.3) is 5.89 Å². The average molecular weight is 355 g/mol. The molecular formula is C18H17N3O3S. The standard InChI is InChI=1S/C18H17N3O3S/c22-16(19-14-8-3-6-12-5-1-2-7-13(12)14)11-21-18(23)24-17(20-21)15-9-4-10-25-15/h1-2,4-5,7,9-10,14H,3,6,8,11H2,(H,19,22)/t14-/m1/s1. The van der Waals surface area contributed by atoms with E-state index < -0.39 is 5.76 Å². The number of hydrogen-bond donors (Lipinski definition) is 1. The van der Waals surface area contributed by atoms with Crippen LogP contribution in [0.25, 0.3) is 10.8 Å². The summed E-state index contributed by atoms with van der Waals surface area (Å²) in [5, 5.41) is 9.01. The molecule has 3 aromatic rings. The average Bonchev–Trinajstić information content (AvgIpc) is 3.26. The smallest absolute Gasteiger partial charge is 0.387 e. The number of aryl methyl sites for hydroxylation is 1. The number of amides is 1. The maximum Gasteiger partial charge on any atom is 0.437 e. The van der Waals surface area contributed by atoms with E-state index in [0.29, 0.717) is 0 Å². The first kappa shape index (κ1) is 15.8. The number of carbonyl (C=O) groups is 1. The maximum absolute atomic E-state index is 12.4. The number of fused-ring (bicyclic) bond motifs is 1. The van der Waals surface area contributed by atoms with Gasteiger partial charge in [0.1, 0.15) is 6.54 Å². The summed E-state index contributed by atoms with van der Waals surface area (Å²) in [5.74, 6) is -0.617. The van der Waals surface area contributed by atoms with Crippen molar-refractivity contribution in [3.8, 4) is 10.8 Å². The molecule has 128 valence electrons. The Balaban J connectivity index is 1.48. The van der Waals surface area contributed by atoms with Crippen LogP contribution in [0.1, 0.15) is 30.0 Å². The molecular weight excluding hydrogens is 338 g/mol. The molecule has 1 N–H and O–H groups in total. The lowest BCUT2D eigenvalue weighted by molar-refractivity contribution is -0.122. The summed E-state index contributed by atoms with van der Waals surface area (Å²) in [6.07, 6.45) is 2.97. The molecule has 0 saturated heterocycles. The van der Waals surface area contributed by atoms with Crippen LogP contribution in [-0.4, -0.2) is 15.7 Å². The molecule has 4 rings (SSSR count). The molecule has 25 heavy (non-hydrogen) atoms. The molecule has 2 heterocycles. The molecule has 0 fully saturated rings. The van der Waals surface area contributed by atoms with E-state index >= 15 is 0 Å². The Morgan fingerprint density at radius 3 is 3.04 bits per heavy atom. The highest BCUT2D eigenvalue weighted by Crippen LogP contribution is 2.29. The van der Waals surface area contributed by atoms with Gasteiger partial charge in [0.05, 0.1) is 10.9 Å². The van der Waals surface area contributed by atoms with Crippen LogP contribution in [0.3, 0.4) is 0 Å². The van der Waals surface area contributed by atoms with Crippen molar-refractivity contribution >= 4 is 17.2 Å². The van der Waals surface area contributed by atoms with E-state index in [4.69, 9.17) is 4.42 Å². The van der Waals surface area contributed by atoms with Crippen molar-refractivity contribution in [1.82, 2.24) is 15.1 Å². The summed E-state index contributed by atoms with van der Waals surface area (Å²) in [6, 6.07) is 11.8. The predicted molar refractivity (Wildman–Crippen MR) is 94.3 cm³/mol. The molecule has 7 heteroatoms. The second kappa shape index (κ2) is 6.68. The van der Waals surface area contributed by atoms with Crippen LogP contribution >= 0.6 is 11.3 Å². The lowest BCUT2D eigenvalue weighted by atomic mass is 9.88. The van der Waals surface area contributed by atoms with Crippen LogP contribution in [0.4, 0.5) is 0 Å². The summed E-state index contributed by atoms with van der Waals surface area (Å²) >= 11 is 1.43. The minimum Gasteiger partial charge on any atom is -0.387 e. The normalized spacial score (nSPS) is 16.4. The Morgan fingerprint density at radius 2 is 2.20 bits per heavy atom. The van der Waals surface area contributed by atoms with Crippen LogP contribution in [0.5, 0.6) is 0 Å². The number of aromatic nitrogens is 2. The van der Waals surface area contributed by atoms with Crippen molar-refractivity contribution in [2.75, 3.05) is 0 Å². The summed E-state index contributed by atoms with van der Waals surface area (Å²) in [4.78, 5) is 25.1. The van der Waals surface area contributed by atoms with E-state index in [0.717, 1.165) is 34.4 Å². The van der Waals surface area contributed by atoms with Gasteiger partial charge in [0, 0.05) is 0 Å². The molecule has 0 radical (unpaired) electrons. The predicted octanol–water partition coefficient (Wildman–Crippen LogP) is 2.76. The van der Waals surface area contributed by atoms with Gasteiger partial charge in [-0.2, -0.15) is 4.68 Å². The monoisotopic (exact) mass is 355 g/mol. The Bertz CT molecular complexity index is 943. The van der Waals surface area contributed by atoms with E-state index in [1.807, 2.05) is 29.6 Å². The van der Waals surface area contributed by atoms with Gasteiger partial charge in [-0.15, -0.1) is 16.4 Å². The van der Waals surface area contributed by atoms with E-state index in [9.17, 15) is 9.59 Å². The molecule has 1 aliphatic rings. The number of hydrogen-bond acceptors (Lipinski definition) is 5. The fourth-order valence-electron chi connectivity index (χ4n) is 3.19. The number of rotatable bonds is 4. The molecule has 0 aliphatic heterocycles. The molecule has 0 bridgehead atoms. The van der Waals surface area contributed by atoms with Crippen molar-refractivity contribution in [1.29, 1.82) is 0 Å². The van der Waals surface area contributed by atoms with Gasteiger partial charge in [-0.1, -0.05) is 30.3 Å². The lowest BCUT2D eigenvalue weighted by Crippen LogP contribution is -2.35. The van der Waals surface area contributed by atoms with Crippen molar-refractivity contribution in [3.63, 3.8) is 0 Å². The highest BCUT2D eigenvalue weighted by atomic mass is 32.1. The molecule has 2 aromatic heterocycles. The first-order chi connectivity index (χ1) is 12.2. The Kier molecular flexibility index (Phi) is 4.23. The molecule has 1 aliphatic carbocycles. The third kappa shape index (κ3) is 3.28. The fourth-order valence-corrected chi connectivity index (χ4v) is 3.83. The fraction of sp³-hybridized carbons (Fsp3) is 0.278. The van der Waals surface area contributed by atoms with Gasteiger partial charge < -0.3 is 9.73 Å².